The second-order valence-electron chi connectivity index (χ2n) is 7.62. The molecule has 0 radical (unpaired) electrons. The number of nitrogens with two attached hydrogens (primary N) is 1. The first-order chi connectivity index (χ1) is 16.0. The fraction of sp³-hybridized carbons (Fsp3) is 0.348. The van der Waals surface area contributed by atoms with Crippen LogP contribution < -0.4 is 15.2 Å². The third-order valence-corrected chi connectivity index (χ3v) is 5.53. The Bertz CT molecular complexity index is 1130. The number of ether oxygens (including phenoxy) is 2. The second kappa shape index (κ2) is 12.1. The van der Waals surface area contributed by atoms with E-state index in [1.807, 2.05) is 6.92 Å². The summed E-state index contributed by atoms with van der Waals surface area (Å²) in [5.74, 6) is -1.42. The molecule has 0 unspecified atom stereocenters. The van der Waals surface area contributed by atoms with E-state index in [9.17, 15) is 22.8 Å². The van der Waals surface area contributed by atoms with Crippen molar-refractivity contribution in [1.82, 2.24) is 4.90 Å². The van der Waals surface area contributed by atoms with E-state index < -0.39 is 33.4 Å². The summed E-state index contributed by atoms with van der Waals surface area (Å²) in [5, 5.41) is 8.51. The Kier molecular flexibility index (Phi) is 9.58. The van der Waals surface area contributed by atoms with Gasteiger partial charge in [0.25, 0.3) is 5.91 Å². The van der Waals surface area contributed by atoms with Crippen molar-refractivity contribution in [1.29, 1.82) is 0 Å². The lowest BCUT2D eigenvalue weighted by molar-refractivity contribution is -0.136. The fourth-order valence-corrected chi connectivity index (χ4v) is 3.62. The molecule has 0 aromatic heterocycles. The van der Waals surface area contributed by atoms with Crippen molar-refractivity contribution in [2.75, 3.05) is 32.1 Å². The number of amides is 1. The molecule has 2 aromatic carbocycles. The standard InChI is InChI=1S/C23H29N3O7S/c1-4-5-11-25-19-12-17(23(29)32-15-21(28)26(3)14-16(2)27)13-20(34(24,30)31)22(19)33-18-9-7-6-8-10-18/h6-10,12-13,25H,4-5,11,14-15H2,1-3H3,(H2,24,30,31). The first-order valence-electron chi connectivity index (χ1n) is 10.6. The Hall–Kier alpha value is -3.44. The molecule has 0 saturated carbocycles. The molecule has 34 heavy (non-hydrogen) atoms. The lowest BCUT2D eigenvalue weighted by Crippen LogP contribution is -2.34. The number of hydrogen-bond acceptors (Lipinski definition) is 8. The zero-order valence-corrected chi connectivity index (χ0v) is 20.2. The van der Waals surface area contributed by atoms with Crippen LogP contribution in [-0.4, -0.2) is 57.7 Å². The minimum Gasteiger partial charge on any atom is -0.454 e. The molecule has 2 rings (SSSR count). The van der Waals surface area contributed by atoms with Gasteiger partial charge in [0.05, 0.1) is 17.8 Å². The zero-order valence-electron chi connectivity index (χ0n) is 19.4. The number of Topliss-reactive ketones (excluding diaryl/α,β-unsaturated/α-hetero) is 1. The van der Waals surface area contributed by atoms with Gasteiger partial charge in [0, 0.05) is 13.6 Å². The number of hydrogen-bond donors (Lipinski definition) is 2. The molecule has 11 heteroatoms. The molecule has 0 aliphatic heterocycles. The van der Waals surface area contributed by atoms with Gasteiger partial charge >= 0.3 is 5.97 Å². The number of carbonyl (C=O) groups excluding carboxylic acids is 3. The highest BCUT2D eigenvalue weighted by atomic mass is 32.2. The molecule has 10 nitrogen and oxygen atoms in total. The smallest absolute Gasteiger partial charge is 0.338 e. The Morgan fingerprint density at radius 1 is 1.12 bits per heavy atom. The van der Waals surface area contributed by atoms with Crippen LogP contribution in [0.4, 0.5) is 5.69 Å². The molecule has 2 aromatic rings. The predicted octanol–water partition coefficient (Wildman–Crippen LogP) is 2.54. The number of nitrogens with one attached hydrogen (secondary N) is 1. The maximum Gasteiger partial charge on any atom is 0.338 e. The number of esters is 1. The average molecular weight is 492 g/mol. The van der Waals surface area contributed by atoms with E-state index in [1.165, 1.54) is 20.0 Å². The second-order valence-corrected chi connectivity index (χ2v) is 9.15. The normalized spacial score (nSPS) is 10.9. The van der Waals surface area contributed by atoms with Crippen LogP contribution in [-0.2, 0) is 24.3 Å². The van der Waals surface area contributed by atoms with Gasteiger partial charge in [-0.2, -0.15) is 0 Å². The molecule has 0 heterocycles. The monoisotopic (exact) mass is 491 g/mol. The van der Waals surface area contributed by atoms with Gasteiger partial charge in [0.2, 0.25) is 10.0 Å². The summed E-state index contributed by atoms with van der Waals surface area (Å²) in [6.07, 6.45) is 1.66. The van der Waals surface area contributed by atoms with Gasteiger partial charge < -0.3 is 19.7 Å². The van der Waals surface area contributed by atoms with Crippen molar-refractivity contribution in [2.24, 2.45) is 5.14 Å². The van der Waals surface area contributed by atoms with E-state index in [2.05, 4.69) is 5.32 Å². The zero-order chi connectivity index (χ0) is 25.3. The number of para-hydroxylation sites is 1. The molecule has 1 amide bonds. The first-order valence-corrected chi connectivity index (χ1v) is 12.2. The van der Waals surface area contributed by atoms with Crippen molar-refractivity contribution in [3.63, 3.8) is 0 Å². The largest absolute Gasteiger partial charge is 0.454 e. The maximum absolute atomic E-state index is 12.7. The van der Waals surface area contributed by atoms with Gasteiger partial charge in [0.15, 0.2) is 12.4 Å². The van der Waals surface area contributed by atoms with E-state index >= 15 is 0 Å². The molecule has 0 bridgehead atoms. The lowest BCUT2D eigenvalue weighted by atomic mass is 10.1. The third-order valence-electron chi connectivity index (χ3n) is 4.62. The summed E-state index contributed by atoms with van der Waals surface area (Å²) in [6, 6.07) is 11.0. The summed E-state index contributed by atoms with van der Waals surface area (Å²) >= 11 is 0. The van der Waals surface area contributed by atoms with Gasteiger partial charge in [-0.3, -0.25) is 9.59 Å². The highest BCUT2D eigenvalue weighted by Gasteiger charge is 2.25. The van der Waals surface area contributed by atoms with E-state index in [-0.39, 0.29) is 29.3 Å². The van der Waals surface area contributed by atoms with Gasteiger partial charge in [-0.15, -0.1) is 0 Å². The molecule has 0 aliphatic carbocycles. The van der Waals surface area contributed by atoms with Gasteiger partial charge in [-0.25, -0.2) is 18.4 Å². The molecule has 0 saturated heterocycles. The van der Waals surface area contributed by atoms with Crippen LogP contribution in [0.3, 0.4) is 0 Å². The minimum atomic E-state index is -4.31. The Balaban J connectivity index is 2.40. The first kappa shape index (κ1) is 26.8. The number of rotatable bonds is 12. The van der Waals surface area contributed by atoms with Crippen LogP contribution >= 0.6 is 0 Å². The Morgan fingerprint density at radius 3 is 2.38 bits per heavy atom. The number of ketones is 1. The topological polar surface area (TPSA) is 145 Å². The number of carbonyl (C=O) groups is 3. The van der Waals surface area contributed by atoms with Crippen molar-refractivity contribution in [2.45, 2.75) is 31.6 Å². The van der Waals surface area contributed by atoms with Crippen LogP contribution in [0, 0.1) is 0 Å². The SMILES string of the molecule is CCCCNc1cc(C(=O)OCC(=O)N(C)CC(C)=O)cc(S(N)(=O)=O)c1Oc1ccccc1. The number of benzene rings is 2. The van der Waals surface area contributed by atoms with E-state index in [0.717, 1.165) is 23.8 Å². The highest BCUT2D eigenvalue weighted by molar-refractivity contribution is 7.89. The minimum absolute atomic E-state index is 0.0568. The molecule has 184 valence electrons. The molecule has 3 N–H and O–H groups in total. The highest BCUT2D eigenvalue weighted by Crippen LogP contribution is 2.37. The van der Waals surface area contributed by atoms with Crippen LogP contribution in [0.1, 0.15) is 37.0 Å². The van der Waals surface area contributed by atoms with Crippen LogP contribution in [0.2, 0.25) is 0 Å². The summed E-state index contributed by atoms with van der Waals surface area (Å²) < 4.78 is 35.7. The molecular formula is C23H29N3O7S. The van der Waals surface area contributed by atoms with Crippen molar-refractivity contribution < 1.29 is 32.3 Å². The van der Waals surface area contributed by atoms with E-state index in [1.54, 1.807) is 30.3 Å². The van der Waals surface area contributed by atoms with Crippen LogP contribution in [0.15, 0.2) is 47.4 Å². The summed E-state index contributed by atoms with van der Waals surface area (Å²) in [5.41, 5.74) is 0.0984. The molecule has 0 fully saturated rings. The summed E-state index contributed by atoms with van der Waals surface area (Å²) in [7, 11) is -2.90. The number of sulfonamides is 1. The van der Waals surface area contributed by atoms with Gasteiger partial charge in [0.1, 0.15) is 16.4 Å². The fourth-order valence-electron chi connectivity index (χ4n) is 2.92. The number of unbranched alkanes of at least 4 members (excludes halogenated alkanes) is 1. The molecule has 0 aliphatic rings. The summed E-state index contributed by atoms with van der Waals surface area (Å²) in [4.78, 5) is 36.6. The number of likely N-dealkylation sites (N-methyl/N-ethyl adjacent to an activating group) is 1. The molecule has 0 spiro atoms. The van der Waals surface area contributed by atoms with Gasteiger partial charge in [-0.05, 0) is 37.6 Å². The maximum atomic E-state index is 12.7. The number of anilines is 1. The van der Waals surface area contributed by atoms with Gasteiger partial charge in [-0.1, -0.05) is 31.5 Å². The number of nitrogens with zero attached hydrogens (tertiary/aromatic N) is 1. The Labute approximate surface area is 199 Å². The molecular weight excluding hydrogens is 462 g/mol. The van der Waals surface area contributed by atoms with Crippen molar-refractivity contribution in [3.8, 4) is 11.5 Å². The van der Waals surface area contributed by atoms with Crippen LogP contribution in [0.25, 0.3) is 0 Å². The quantitative estimate of drug-likeness (QED) is 0.340. The van der Waals surface area contributed by atoms with E-state index in [0.29, 0.717) is 12.3 Å². The Morgan fingerprint density at radius 2 is 1.79 bits per heavy atom. The van der Waals surface area contributed by atoms with Crippen molar-refractivity contribution >= 4 is 33.4 Å². The average Bonchev–Trinajstić information content (AvgIpc) is 2.77. The lowest BCUT2D eigenvalue weighted by Gasteiger charge is -2.18. The van der Waals surface area contributed by atoms with Crippen molar-refractivity contribution in [3.05, 3.63) is 48.0 Å². The van der Waals surface area contributed by atoms with E-state index in [4.69, 9.17) is 14.6 Å². The summed E-state index contributed by atoms with van der Waals surface area (Å²) in [6.45, 7) is 3.07. The third kappa shape index (κ3) is 7.85. The molecule has 0 atom stereocenters. The predicted molar refractivity (Wildman–Crippen MR) is 126 cm³/mol. The number of primary sulfonamides is 1. The van der Waals surface area contributed by atoms with Crippen LogP contribution in [0.5, 0.6) is 11.5 Å².